The summed E-state index contributed by atoms with van der Waals surface area (Å²) >= 11 is 6.10. The molecule has 0 bridgehead atoms. The van der Waals surface area contributed by atoms with Crippen molar-refractivity contribution in [3.63, 3.8) is 0 Å². The van der Waals surface area contributed by atoms with E-state index in [1.165, 1.54) is 0 Å². The predicted molar refractivity (Wildman–Crippen MR) is 94.0 cm³/mol. The zero-order valence-corrected chi connectivity index (χ0v) is 14.1. The molecule has 1 aliphatic rings. The van der Waals surface area contributed by atoms with Crippen molar-refractivity contribution in [2.24, 2.45) is 0 Å². The summed E-state index contributed by atoms with van der Waals surface area (Å²) in [7, 11) is 0. The largest absolute Gasteiger partial charge is 0.347 e. The second kappa shape index (κ2) is 7.05. The van der Waals surface area contributed by atoms with Crippen LogP contribution in [0.2, 0.25) is 5.02 Å². The van der Waals surface area contributed by atoms with Crippen LogP contribution in [0.3, 0.4) is 0 Å². The van der Waals surface area contributed by atoms with Gasteiger partial charge < -0.3 is 10.6 Å². The molecular weight excluding hydrogens is 324 g/mol. The molecule has 124 valence electrons. The summed E-state index contributed by atoms with van der Waals surface area (Å²) in [6.45, 7) is 2.01. The molecule has 0 aliphatic carbocycles. The number of piperidine rings is 1. The van der Waals surface area contributed by atoms with Gasteiger partial charge in [-0.15, -0.1) is 0 Å². The van der Waals surface area contributed by atoms with Gasteiger partial charge in [-0.1, -0.05) is 53.6 Å². The van der Waals surface area contributed by atoms with Gasteiger partial charge in [-0.3, -0.25) is 9.59 Å². The fourth-order valence-electron chi connectivity index (χ4n) is 2.94. The Bertz CT molecular complexity index is 758. The summed E-state index contributed by atoms with van der Waals surface area (Å²) in [6, 6.07) is 14.5. The lowest BCUT2D eigenvalue weighted by atomic mass is 9.91. The van der Waals surface area contributed by atoms with E-state index in [9.17, 15) is 9.59 Å². The van der Waals surface area contributed by atoms with Gasteiger partial charge >= 0.3 is 0 Å². The summed E-state index contributed by atoms with van der Waals surface area (Å²) in [4.78, 5) is 24.4. The summed E-state index contributed by atoms with van der Waals surface area (Å²) in [6.07, 6.45) is 0.996. The summed E-state index contributed by atoms with van der Waals surface area (Å²) in [5.74, 6) is -0.220. The van der Waals surface area contributed by atoms with Crippen molar-refractivity contribution < 1.29 is 9.59 Å². The van der Waals surface area contributed by atoms with Gasteiger partial charge in [0.25, 0.3) is 5.91 Å². The van der Waals surface area contributed by atoms with Crippen LogP contribution in [0.15, 0.2) is 48.5 Å². The van der Waals surface area contributed by atoms with E-state index >= 15 is 0 Å². The minimum atomic E-state index is -0.238. The number of halogens is 1. The monoisotopic (exact) mass is 342 g/mol. The van der Waals surface area contributed by atoms with Gasteiger partial charge in [0.15, 0.2) is 0 Å². The molecule has 0 saturated carbocycles. The zero-order valence-electron chi connectivity index (χ0n) is 13.4. The summed E-state index contributed by atoms with van der Waals surface area (Å²) in [5, 5.41) is 6.43. The van der Waals surface area contributed by atoms with Crippen molar-refractivity contribution in [3.05, 3.63) is 70.2 Å². The molecule has 2 amide bonds. The first kappa shape index (κ1) is 16.5. The highest BCUT2D eigenvalue weighted by Crippen LogP contribution is 2.25. The number of carbonyl (C=O) groups is 2. The van der Waals surface area contributed by atoms with E-state index in [4.69, 9.17) is 11.6 Å². The molecule has 24 heavy (non-hydrogen) atoms. The number of rotatable bonds is 3. The minimum absolute atomic E-state index is 0.00353. The van der Waals surface area contributed by atoms with E-state index in [2.05, 4.69) is 10.6 Å². The van der Waals surface area contributed by atoms with Crippen LogP contribution < -0.4 is 10.6 Å². The molecule has 5 heteroatoms. The fourth-order valence-corrected chi connectivity index (χ4v) is 3.16. The Morgan fingerprint density at radius 1 is 1.17 bits per heavy atom. The lowest BCUT2D eigenvalue weighted by Crippen LogP contribution is -2.50. The van der Waals surface area contributed by atoms with E-state index in [0.29, 0.717) is 23.4 Å². The third-order valence-corrected chi connectivity index (χ3v) is 4.60. The number of hydrogen-bond acceptors (Lipinski definition) is 2. The first-order valence-corrected chi connectivity index (χ1v) is 8.34. The van der Waals surface area contributed by atoms with Crippen molar-refractivity contribution in [3.8, 4) is 0 Å². The van der Waals surface area contributed by atoms with Crippen LogP contribution in [-0.2, 0) is 4.79 Å². The van der Waals surface area contributed by atoms with Crippen LogP contribution in [0.25, 0.3) is 0 Å². The van der Waals surface area contributed by atoms with Gasteiger partial charge in [0.05, 0.1) is 22.7 Å². The Morgan fingerprint density at radius 3 is 2.58 bits per heavy atom. The second-order valence-electron chi connectivity index (χ2n) is 6.05. The first-order valence-electron chi connectivity index (χ1n) is 7.96. The Labute approximate surface area is 146 Å². The van der Waals surface area contributed by atoms with Crippen LogP contribution in [0, 0.1) is 6.92 Å². The average Bonchev–Trinajstić information content (AvgIpc) is 2.57. The molecular formula is C19H19ClN2O2. The Hall–Kier alpha value is -2.33. The minimum Gasteiger partial charge on any atom is -0.347 e. The van der Waals surface area contributed by atoms with Crippen LogP contribution >= 0.6 is 11.6 Å². The fraction of sp³-hybridized carbons (Fsp3) is 0.263. The van der Waals surface area contributed by atoms with Gasteiger partial charge in [-0.2, -0.15) is 0 Å². The van der Waals surface area contributed by atoms with E-state index < -0.39 is 0 Å². The van der Waals surface area contributed by atoms with Crippen molar-refractivity contribution in [1.29, 1.82) is 0 Å². The van der Waals surface area contributed by atoms with E-state index in [0.717, 1.165) is 11.1 Å². The first-order chi connectivity index (χ1) is 11.5. The highest BCUT2D eigenvalue weighted by atomic mass is 35.5. The van der Waals surface area contributed by atoms with Gasteiger partial charge in [-0.25, -0.2) is 0 Å². The number of carbonyl (C=O) groups excluding carboxylic acids is 2. The standard InChI is InChI=1S/C19H19ClN2O2/c1-12-6-8-13(9-7-12)18-16(10-11-17(23)22-18)21-19(24)14-4-2-3-5-15(14)20/h2-9,16,18H,10-11H2,1H3,(H,21,24)(H,22,23)/t16-,18-/m0/s1. The zero-order chi connectivity index (χ0) is 17.1. The van der Waals surface area contributed by atoms with Crippen molar-refractivity contribution in [2.45, 2.75) is 31.8 Å². The van der Waals surface area contributed by atoms with Gasteiger partial charge in [0.2, 0.25) is 5.91 Å². The second-order valence-corrected chi connectivity index (χ2v) is 6.46. The number of benzene rings is 2. The topological polar surface area (TPSA) is 58.2 Å². The van der Waals surface area contributed by atoms with E-state index in [-0.39, 0.29) is 23.9 Å². The number of hydrogen-bond donors (Lipinski definition) is 2. The predicted octanol–water partition coefficient (Wildman–Crippen LogP) is 3.40. The van der Waals surface area contributed by atoms with Gasteiger partial charge in [-0.05, 0) is 31.0 Å². The maximum absolute atomic E-state index is 12.5. The molecule has 2 aromatic carbocycles. The Morgan fingerprint density at radius 2 is 1.88 bits per heavy atom. The highest BCUT2D eigenvalue weighted by Gasteiger charge is 2.31. The molecule has 0 unspecified atom stereocenters. The third kappa shape index (κ3) is 3.60. The number of amides is 2. The normalized spacial score (nSPS) is 20.3. The molecule has 0 spiro atoms. The molecule has 2 N–H and O–H groups in total. The van der Waals surface area contributed by atoms with Crippen molar-refractivity contribution >= 4 is 23.4 Å². The lowest BCUT2D eigenvalue weighted by Gasteiger charge is -2.33. The highest BCUT2D eigenvalue weighted by molar-refractivity contribution is 6.33. The SMILES string of the molecule is Cc1ccc([C@@H]2NC(=O)CC[C@@H]2NC(=O)c2ccccc2Cl)cc1. The molecule has 2 atom stereocenters. The average molecular weight is 343 g/mol. The van der Waals surface area contributed by atoms with E-state index in [1.54, 1.807) is 24.3 Å². The van der Waals surface area contributed by atoms with E-state index in [1.807, 2.05) is 31.2 Å². The third-order valence-electron chi connectivity index (χ3n) is 4.27. The molecule has 4 nitrogen and oxygen atoms in total. The van der Waals surface area contributed by atoms with Crippen molar-refractivity contribution in [2.75, 3.05) is 0 Å². The molecule has 0 radical (unpaired) electrons. The van der Waals surface area contributed by atoms with Crippen LogP contribution in [0.4, 0.5) is 0 Å². The van der Waals surface area contributed by atoms with Crippen molar-refractivity contribution in [1.82, 2.24) is 10.6 Å². The van der Waals surface area contributed by atoms with Gasteiger partial charge in [0, 0.05) is 6.42 Å². The maximum Gasteiger partial charge on any atom is 0.253 e. The van der Waals surface area contributed by atoms with Crippen LogP contribution in [0.1, 0.15) is 40.4 Å². The molecule has 1 fully saturated rings. The smallest absolute Gasteiger partial charge is 0.253 e. The molecule has 1 heterocycles. The Kier molecular flexibility index (Phi) is 4.86. The molecule has 2 aromatic rings. The molecule has 3 rings (SSSR count). The number of nitrogens with one attached hydrogen (secondary N) is 2. The molecule has 1 saturated heterocycles. The Balaban J connectivity index is 1.81. The lowest BCUT2D eigenvalue weighted by molar-refractivity contribution is -0.123. The summed E-state index contributed by atoms with van der Waals surface area (Å²) < 4.78 is 0. The molecule has 0 aromatic heterocycles. The quantitative estimate of drug-likeness (QED) is 0.898. The maximum atomic E-state index is 12.5. The molecule has 1 aliphatic heterocycles. The number of aryl methyl sites for hydroxylation is 1. The van der Waals surface area contributed by atoms with Crippen LogP contribution in [-0.4, -0.2) is 17.9 Å². The summed E-state index contributed by atoms with van der Waals surface area (Å²) in [5.41, 5.74) is 2.58. The van der Waals surface area contributed by atoms with Gasteiger partial charge in [0.1, 0.15) is 0 Å². The van der Waals surface area contributed by atoms with Crippen LogP contribution in [0.5, 0.6) is 0 Å².